The molecule has 0 saturated heterocycles. The molecule has 14 heavy (non-hydrogen) atoms. The second kappa shape index (κ2) is 4.84. The summed E-state index contributed by atoms with van der Waals surface area (Å²) in [5.41, 5.74) is 1.81. The van der Waals surface area contributed by atoms with E-state index < -0.39 is 0 Å². The number of hydrogen-bond acceptors (Lipinski definition) is 3. The van der Waals surface area contributed by atoms with Crippen molar-refractivity contribution in [2.24, 2.45) is 0 Å². The molecule has 0 radical (unpaired) electrons. The molecule has 0 aliphatic rings. The smallest absolute Gasteiger partial charge is 0.256 e. The van der Waals surface area contributed by atoms with Gasteiger partial charge in [-0.3, -0.25) is 0 Å². The van der Waals surface area contributed by atoms with Gasteiger partial charge in [0.25, 0.3) is 5.22 Å². The number of halogens is 1. The Kier molecular flexibility index (Phi) is 3.48. The first-order chi connectivity index (χ1) is 6.90. The van der Waals surface area contributed by atoms with Crippen molar-refractivity contribution in [3.63, 3.8) is 0 Å². The largest absolute Gasteiger partial charge is 0.431 e. The highest BCUT2D eigenvalue weighted by molar-refractivity contribution is 9.09. The maximum atomic E-state index is 5.55. The lowest BCUT2D eigenvalue weighted by Gasteiger charge is -1.91. The standard InChI is InChI=1S/C10H10BrNOS/c11-6-3-7-14-10-12-8-4-1-2-5-9(8)13-10/h1-2,4-5H,3,6-7H2. The lowest BCUT2D eigenvalue weighted by Crippen LogP contribution is -1.79. The van der Waals surface area contributed by atoms with Gasteiger partial charge >= 0.3 is 0 Å². The van der Waals surface area contributed by atoms with Gasteiger partial charge in [0.2, 0.25) is 0 Å². The van der Waals surface area contributed by atoms with E-state index >= 15 is 0 Å². The van der Waals surface area contributed by atoms with Crippen LogP contribution in [0.1, 0.15) is 6.42 Å². The van der Waals surface area contributed by atoms with E-state index in [0.29, 0.717) is 0 Å². The molecule has 0 aliphatic heterocycles. The van der Waals surface area contributed by atoms with Gasteiger partial charge in [-0.1, -0.05) is 39.8 Å². The Hall–Kier alpha value is -0.480. The average Bonchev–Trinajstić information content (AvgIpc) is 2.60. The predicted octanol–water partition coefficient (Wildman–Crippen LogP) is 3.70. The molecule has 0 fully saturated rings. The number of hydrogen-bond donors (Lipinski definition) is 0. The van der Waals surface area contributed by atoms with Crippen molar-refractivity contribution in [1.82, 2.24) is 4.98 Å². The van der Waals surface area contributed by atoms with E-state index in [1.165, 1.54) is 0 Å². The number of benzene rings is 1. The van der Waals surface area contributed by atoms with Crippen molar-refractivity contribution in [3.8, 4) is 0 Å². The summed E-state index contributed by atoms with van der Waals surface area (Å²) < 4.78 is 5.55. The monoisotopic (exact) mass is 271 g/mol. The average molecular weight is 272 g/mol. The molecule has 4 heteroatoms. The molecule has 2 aromatic rings. The molecule has 1 heterocycles. The second-order valence-electron chi connectivity index (χ2n) is 2.84. The molecule has 0 saturated carbocycles. The number of fused-ring (bicyclic) bond motifs is 1. The fourth-order valence-electron chi connectivity index (χ4n) is 1.13. The van der Waals surface area contributed by atoms with E-state index in [1.54, 1.807) is 11.8 Å². The Balaban J connectivity index is 2.11. The summed E-state index contributed by atoms with van der Waals surface area (Å²) in [6, 6.07) is 7.84. The molecule has 2 rings (SSSR count). The number of aromatic nitrogens is 1. The number of rotatable bonds is 4. The predicted molar refractivity (Wildman–Crippen MR) is 63.1 cm³/mol. The van der Waals surface area contributed by atoms with Crippen molar-refractivity contribution < 1.29 is 4.42 Å². The number of nitrogens with zero attached hydrogens (tertiary/aromatic N) is 1. The Morgan fingerprint density at radius 2 is 2.21 bits per heavy atom. The van der Waals surface area contributed by atoms with Gasteiger partial charge in [-0.25, -0.2) is 4.98 Å². The maximum absolute atomic E-state index is 5.55. The molecule has 74 valence electrons. The molecule has 0 aliphatic carbocycles. The van der Waals surface area contributed by atoms with Crippen LogP contribution in [0.2, 0.25) is 0 Å². The molecular formula is C10H10BrNOS. The van der Waals surface area contributed by atoms with E-state index in [1.807, 2.05) is 24.3 Å². The minimum Gasteiger partial charge on any atom is -0.431 e. The zero-order valence-corrected chi connectivity index (χ0v) is 9.97. The third kappa shape index (κ3) is 2.30. The fourth-order valence-corrected chi connectivity index (χ4v) is 2.55. The first-order valence-electron chi connectivity index (χ1n) is 4.44. The summed E-state index contributed by atoms with van der Waals surface area (Å²) in [5.74, 6) is 1.04. The van der Waals surface area contributed by atoms with E-state index in [0.717, 1.165) is 33.8 Å². The van der Waals surface area contributed by atoms with Crippen LogP contribution in [0.15, 0.2) is 33.9 Å². The van der Waals surface area contributed by atoms with Crippen LogP contribution in [-0.4, -0.2) is 16.1 Å². The Bertz CT molecular complexity index is 382. The number of alkyl halides is 1. The summed E-state index contributed by atoms with van der Waals surface area (Å²) in [5, 5.41) is 1.80. The van der Waals surface area contributed by atoms with Crippen LogP contribution in [0.5, 0.6) is 0 Å². The lowest BCUT2D eigenvalue weighted by atomic mass is 10.3. The molecule has 0 atom stereocenters. The molecule has 0 spiro atoms. The van der Waals surface area contributed by atoms with Gasteiger partial charge in [-0.05, 0) is 18.6 Å². The zero-order valence-electron chi connectivity index (χ0n) is 7.57. The molecular weight excluding hydrogens is 262 g/mol. The summed E-state index contributed by atoms with van der Waals surface area (Å²) in [6.45, 7) is 0. The SMILES string of the molecule is BrCCCSc1nc2ccccc2o1. The van der Waals surface area contributed by atoms with Crippen molar-refractivity contribution in [1.29, 1.82) is 0 Å². The summed E-state index contributed by atoms with van der Waals surface area (Å²) in [4.78, 5) is 4.37. The van der Waals surface area contributed by atoms with Crippen LogP contribution >= 0.6 is 27.7 Å². The maximum Gasteiger partial charge on any atom is 0.256 e. The number of thioether (sulfide) groups is 1. The Morgan fingerprint density at radius 3 is 3.00 bits per heavy atom. The van der Waals surface area contributed by atoms with Crippen LogP contribution in [0.3, 0.4) is 0 Å². The third-order valence-corrected chi connectivity index (χ3v) is 3.25. The lowest BCUT2D eigenvalue weighted by molar-refractivity contribution is 0.489. The van der Waals surface area contributed by atoms with Gasteiger partial charge < -0.3 is 4.42 Å². The van der Waals surface area contributed by atoms with Crippen molar-refractivity contribution in [3.05, 3.63) is 24.3 Å². The summed E-state index contributed by atoms with van der Waals surface area (Å²) in [6.07, 6.45) is 1.13. The zero-order chi connectivity index (χ0) is 9.80. The fraction of sp³-hybridized carbons (Fsp3) is 0.300. The Morgan fingerprint density at radius 1 is 1.36 bits per heavy atom. The first kappa shape index (κ1) is 10.1. The summed E-state index contributed by atoms with van der Waals surface area (Å²) >= 11 is 5.06. The van der Waals surface area contributed by atoms with Crippen LogP contribution in [0.25, 0.3) is 11.1 Å². The van der Waals surface area contributed by atoms with Gasteiger partial charge in [-0.2, -0.15) is 0 Å². The molecule has 1 aromatic carbocycles. The molecule has 1 aromatic heterocycles. The van der Waals surface area contributed by atoms with E-state index in [9.17, 15) is 0 Å². The van der Waals surface area contributed by atoms with Gasteiger partial charge in [0, 0.05) is 11.1 Å². The molecule has 0 amide bonds. The van der Waals surface area contributed by atoms with Crippen LogP contribution in [-0.2, 0) is 0 Å². The molecule has 0 unspecified atom stereocenters. The second-order valence-corrected chi connectivity index (χ2v) is 4.68. The number of oxazole rings is 1. The van der Waals surface area contributed by atoms with E-state index in [2.05, 4.69) is 20.9 Å². The molecule has 0 N–H and O–H groups in total. The minimum atomic E-state index is 0.771. The van der Waals surface area contributed by atoms with Crippen LogP contribution in [0.4, 0.5) is 0 Å². The third-order valence-electron chi connectivity index (χ3n) is 1.78. The van der Waals surface area contributed by atoms with Crippen molar-refractivity contribution in [2.45, 2.75) is 11.6 Å². The molecule has 2 nitrogen and oxygen atoms in total. The van der Waals surface area contributed by atoms with Gasteiger partial charge in [0.15, 0.2) is 5.58 Å². The highest BCUT2D eigenvalue weighted by Crippen LogP contribution is 2.23. The minimum absolute atomic E-state index is 0.771. The van der Waals surface area contributed by atoms with Crippen LogP contribution < -0.4 is 0 Å². The Labute approximate surface area is 95.2 Å². The summed E-state index contributed by atoms with van der Waals surface area (Å²) in [7, 11) is 0. The first-order valence-corrected chi connectivity index (χ1v) is 6.55. The normalized spacial score (nSPS) is 10.9. The molecule has 0 bridgehead atoms. The highest BCUT2D eigenvalue weighted by atomic mass is 79.9. The van der Waals surface area contributed by atoms with Crippen molar-refractivity contribution in [2.75, 3.05) is 11.1 Å². The van der Waals surface area contributed by atoms with Crippen molar-refractivity contribution >= 4 is 38.8 Å². The van der Waals surface area contributed by atoms with Gasteiger partial charge in [0.1, 0.15) is 5.52 Å². The van der Waals surface area contributed by atoms with E-state index in [-0.39, 0.29) is 0 Å². The quantitative estimate of drug-likeness (QED) is 0.482. The van der Waals surface area contributed by atoms with Gasteiger partial charge in [0.05, 0.1) is 0 Å². The van der Waals surface area contributed by atoms with E-state index in [4.69, 9.17) is 4.42 Å². The topological polar surface area (TPSA) is 26.0 Å². The van der Waals surface area contributed by atoms with Crippen LogP contribution in [0, 0.1) is 0 Å². The highest BCUT2D eigenvalue weighted by Gasteiger charge is 2.04. The number of para-hydroxylation sites is 2. The van der Waals surface area contributed by atoms with Gasteiger partial charge in [-0.15, -0.1) is 0 Å².